The maximum atomic E-state index is 10.9. The average molecular weight is 567 g/mol. The summed E-state index contributed by atoms with van der Waals surface area (Å²) in [4.78, 5) is 30.5. The topological polar surface area (TPSA) is 138 Å². The zero-order valence-electron chi connectivity index (χ0n) is 20.1. The van der Waals surface area contributed by atoms with Gasteiger partial charge in [0.25, 0.3) is 11.4 Å². The van der Waals surface area contributed by atoms with Gasteiger partial charge in [0.2, 0.25) is 0 Å². The van der Waals surface area contributed by atoms with E-state index in [1.54, 1.807) is 24.3 Å². The first-order valence-electron chi connectivity index (χ1n) is 11.8. The van der Waals surface area contributed by atoms with E-state index in [1.165, 1.54) is 46.9 Å². The molecular weight excluding hydrogens is 552 g/mol. The number of nitrogens with zero attached hydrogens (tertiary/aromatic N) is 4. The molecule has 0 aliphatic rings. The van der Waals surface area contributed by atoms with Crippen molar-refractivity contribution in [1.29, 1.82) is 0 Å². The lowest BCUT2D eigenvalue weighted by Gasteiger charge is -1.96. The van der Waals surface area contributed by atoms with E-state index in [4.69, 9.17) is 18.8 Å². The second kappa shape index (κ2) is 9.22. The van der Waals surface area contributed by atoms with Gasteiger partial charge in [-0.15, -0.1) is 22.7 Å². The van der Waals surface area contributed by atoms with Crippen molar-refractivity contribution in [3.63, 3.8) is 0 Å². The number of nitro groups is 2. The van der Waals surface area contributed by atoms with E-state index in [-0.39, 0.29) is 11.4 Å². The van der Waals surface area contributed by atoms with Gasteiger partial charge in [-0.1, -0.05) is 0 Å². The summed E-state index contributed by atoms with van der Waals surface area (Å²) in [5.41, 5.74) is 3.17. The number of hydrogen-bond acceptors (Lipinski definition) is 10. The first kappa shape index (κ1) is 23.9. The van der Waals surface area contributed by atoms with Crippen LogP contribution in [0.15, 0.2) is 93.8 Å². The van der Waals surface area contributed by atoms with Crippen LogP contribution in [-0.4, -0.2) is 19.8 Å². The first-order valence-corrected chi connectivity index (χ1v) is 13.5. The molecule has 10 nitrogen and oxygen atoms in total. The van der Waals surface area contributed by atoms with Crippen LogP contribution < -0.4 is 0 Å². The van der Waals surface area contributed by atoms with E-state index in [2.05, 4.69) is 0 Å². The zero-order chi connectivity index (χ0) is 27.4. The summed E-state index contributed by atoms with van der Waals surface area (Å²) >= 11 is 2.98. The number of benzene rings is 3. The van der Waals surface area contributed by atoms with Crippen LogP contribution in [0.2, 0.25) is 0 Å². The fourth-order valence-corrected chi connectivity index (χ4v) is 6.16. The minimum absolute atomic E-state index is 0.0235. The molecule has 0 bridgehead atoms. The number of nitro benzene ring substituents is 2. The molecule has 0 fully saturated rings. The quantitative estimate of drug-likeness (QED) is 0.144. The molecule has 0 unspecified atom stereocenters. The third-order valence-electron chi connectivity index (χ3n) is 6.26. The van der Waals surface area contributed by atoms with Gasteiger partial charge in [-0.3, -0.25) is 20.2 Å². The summed E-state index contributed by atoms with van der Waals surface area (Å²) in [5, 5.41) is 23.3. The fraction of sp³-hybridized carbons (Fsp3) is 0. The molecule has 0 N–H and O–H groups in total. The minimum atomic E-state index is -0.436. The molecule has 0 aliphatic carbocycles. The van der Waals surface area contributed by atoms with Gasteiger partial charge in [0.15, 0.2) is 21.5 Å². The lowest BCUT2D eigenvalue weighted by atomic mass is 10.1. The normalized spacial score (nSPS) is 11.4. The molecule has 12 heteroatoms. The molecule has 0 amide bonds. The molecule has 4 heterocycles. The van der Waals surface area contributed by atoms with E-state index < -0.39 is 9.85 Å². The standard InChI is InChI=1S/C28H14N4O6S2/c33-31(34)17-5-1-15(2-6-17)21-9-11-23(37-21)27-29-19-13-26-20(14-25(19)39-27)30-28(40-26)24-12-10-22(38-24)16-3-7-18(8-4-16)32(35)36/h1-14H. The Morgan fingerprint density at radius 2 is 0.925 bits per heavy atom. The number of non-ortho nitro benzene ring substituents is 2. The van der Waals surface area contributed by atoms with Gasteiger partial charge in [-0.25, -0.2) is 9.97 Å². The number of rotatable bonds is 6. The number of fused-ring (bicyclic) bond motifs is 2. The molecule has 40 heavy (non-hydrogen) atoms. The highest BCUT2D eigenvalue weighted by Crippen LogP contribution is 2.39. The summed E-state index contributed by atoms with van der Waals surface area (Å²) in [6.07, 6.45) is 0. The van der Waals surface area contributed by atoms with Gasteiger partial charge in [0, 0.05) is 35.4 Å². The largest absolute Gasteiger partial charge is 0.454 e. The Hall–Kier alpha value is -5.20. The summed E-state index contributed by atoms with van der Waals surface area (Å²) in [7, 11) is 0. The Morgan fingerprint density at radius 3 is 1.30 bits per heavy atom. The van der Waals surface area contributed by atoms with Crippen LogP contribution in [0.3, 0.4) is 0 Å². The van der Waals surface area contributed by atoms with E-state index >= 15 is 0 Å². The predicted molar refractivity (Wildman–Crippen MR) is 152 cm³/mol. The van der Waals surface area contributed by atoms with Gasteiger partial charge in [0.1, 0.15) is 11.5 Å². The van der Waals surface area contributed by atoms with Crippen molar-refractivity contribution < 1.29 is 18.7 Å². The highest BCUT2D eigenvalue weighted by Gasteiger charge is 2.17. The molecule has 7 rings (SSSR count). The van der Waals surface area contributed by atoms with E-state index in [9.17, 15) is 20.2 Å². The van der Waals surface area contributed by atoms with Crippen molar-refractivity contribution in [2.75, 3.05) is 0 Å². The maximum Gasteiger partial charge on any atom is 0.269 e. The van der Waals surface area contributed by atoms with Crippen molar-refractivity contribution >= 4 is 54.5 Å². The minimum Gasteiger partial charge on any atom is -0.454 e. The summed E-state index contributed by atoms with van der Waals surface area (Å²) < 4.78 is 14.0. The van der Waals surface area contributed by atoms with Gasteiger partial charge < -0.3 is 8.83 Å². The van der Waals surface area contributed by atoms with Crippen LogP contribution in [-0.2, 0) is 0 Å². The first-order chi connectivity index (χ1) is 19.4. The van der Waals surface area contributed by atoms with Crippen LogP contribution in [0.1, 0.15) is 0 Å². The number of aromatic nitrogens is 2. The van der Waals surface area contributed by atoms with Gasteiger partial charge >= 0.3 is 0 Å². The molecule has 0 aliphatic heterocycles. The van der Waals surface area contributed by atoms with E-state index in [1.807, 2.05) is 36.4 Å². The summed E-state index contributed by atoms with van der Waals surface area (Å²) in [6, 6.07) is 23.7. The lowest BCUT2D eigenvalue weighted by Crippen LogP contribution is -1.86. The molecule has 0 saturated carbocycles. The monoisotopic (exact) mass is 566 g/mol. The zero-order valence-corrected chi connectivity index (χ0v) is 21.8. The maximum absolute atomic E-state index is 10.9. The van der Waals surface area contributed by atoms with Crippen LogP contribution in [0, 0.1) is 20.2 Å². The van der Waals surface area contributed by atoms with Crippen molar-refractivity contribution in [3.8, 4) is 44.2 Å². The Kier molecular flexibility index (Phi) is 5.51. The number of thiazole rings is 2. The van der Waals surface area contributed by atoms with Gasteiger partial charge in [0.05, 0.1) is 30.3 Å². The van der Waals surface area contributed by atoms with Crippen LogP contribution >= 0.6 is 22.7 Å². The Bertz CT molecular complexity index is 1870. The Morgan fingerprint density at radius 1 is 0.550 bits per heavy atom. The predicted octanol–water partition coefficient (Wildman–Crippen LogP) is 8.58. The molecule has 7 aromatic rings. The third kappa shape index (κ3) is 4.21. The SMILES string of the molecule is O=[N+]([O-])c1ccc(-c2ccc(-c3nc4cc5sc(-c6ccc(-c7ccc([N+](=O)[O-])cc7)o6)nc5cc4s3)o2)cc1. The third-order valence-corrected chi connectivity index (χ3v) is 8.32. The van der Waals surface area contributed by atoms with Crippen LogP contribution in [0.5, 0.6) is 0 Å². The number of hydrogen-bond donors (Lipinski definition) is 0. The van der Waals surface area contributed by atoms with Crippen molar-refractivity contribution in [2.45, 2.75) is 0 Å². The van der Waals surface area contributed by atoms with Gasteiger partial charge in [-0.2, -0.15) is 0 Å². The van der Waals surface area contributed by atoms with E-state index in [0.717, 1.165) is 41.6 Å². The van der Waals surface area contributed by atoms with Crippen molar-refractivity contribution in [1.82, 2.24) is 9.97 Å². The second-order valence-corrected chi connectivity index (χ2v) is 10.8. The van der Waals surface area contributed by atoms with Crippen LogP contribution in [0.25, 0.3) is 64.6 Å². The molecule has 0 saturated heterocycles. The fourth-order valence-electron chi connectivity index (χ4n) is 4.27. The molecule has 3 aromatic carbocycles. The molecule has 0 radical (unpaired) electrons. The second-order valence-electron chi connectivity index (χ2n) is 8.76. The molecule has 0 spiro atoms. The molecule has 194 valence electrons. The Balaban J connectivity index is 1.16. The van der Waals surface area contributed by atoms with Crippen molar-refractivity contribution in [2.24, 2.45) is 0 Å². The van der Waals surface area contributed by atoms with Gasteiger partial charge in [-0.05, 0) is 60.7 Å². The average Bonchev–Trinajstić information content (AvgIpc) is 3.76. The van der Waals surface area contributed by atoms with E-state index in [0.29, 0.717) is 23.0 Å². The Labute approximate surface area is 232 Å². The summed E-state index contributed by atoms with van der Waals surface area (Å²) in [6.45, 7) is 0. The molecular formula is C28H14N4O6S2. The summed E-state index contributed by atoms with van der Waals surface area (Å²) in [5.74, 6) is 2.42. The highest BCUT2D eigenvalue weighted by molar-refractivity contribution is 7.23. The molecule has 0 atom stereocenters. The van der Waals surface area contributed by atoms with Crippen LogP contribution in [0.4, 0.5) is 11.4 Å². The highest BCUT2D eigenvalue weighted by atomic mass is 32.1. The molecule has 4 aromatic heterocycles. The lowest BCUT2D eigenvalue weighted by molar-refractivity contribution is -0.385. The van der Waals surface area contributed by atoms with Crippen molar-refractivity contribution in [3.05, 3.63) is 105 Å². The number of furan rings is 2. The smallest absolute Gasteiger partial charge is 0.269 e.